The number of hydrogen-bond donors (Lipinski definition) is 0. The van der Waals surface area contributed by atoms with Crippen molar-refractivity contribution in [1.29, 1.82) is 0 Å². The van der Waals surface area contributed by atoms with Gasteiger partial charge in [-0.25, -0.2) is 4.39 Å². The van der Waals surface area contributed by atoms with E-state index in [1.54, 1.807) is 19.2 Å². The van der Waals surface area contributed by atoms with Gasteiger partial charge in [0.15, 0.2) is 0 Å². The van der Waals surface area contributed by atoms with Crippen molar-refractivity contribution in [1.82, 2.24) is 0 Å². The molecule has 3 heteroatoms. The fraction of sp³-hybridized carbons (Fsp3) is 0.250. The first-order chi connectivity index (χ1) is 9.11. The first-order valence-corrected chi connectivity index (χ1v) is 6.57. The molecule has 2 aromatic carbocycles. The van der Waals surface area contributed by atoms with E-state index in [-0.39, 0.29) is 11.2 Å². The standard InChI is InChI=1S/C16H16ClFO/c1-11-7-8-12(10-16(11)19-2)14(17)9-13-5-3-4-6-15(13)18/h3-8,10,14H,9H2,1-2H3. The highest BCUT2D eigenvalue weighted by Gasteiger charge is 2.13. The van der Waals surface area contributed by atoms with Gasteiger partial charge in [-0.05, 0) is 42.2 Å². The molecule has 2 rings (SSSR count). The topological polar surface area (TPSA) is 9.23 Å². The van der Waals surface area contributed by atoms with Crippen molar-refractivity contribution < 1.29 is 9.13 Å². The van der Waals surface area contributed by atoms with Crippen LogP contribution in [0.2, 0.25) is 0 Å². The van der Waals surface area contributed by atoms with Crippen molar-refractivity contribution in [2.45, 2.75) is 18.7 Å². The Hall–Kier alpha value is -1.54. The number of ether oxygens (including phenoxy) is 1. The summed E-state index contributed by atoms with van der Waals surface area (Å²) in [5.41, 5.74) is 2.62. The molecule has 0 amide bonds. The van der Waals surface area contributed by atoms with Crippen LogP contribution in [0.4, 0.5) is 4.39 Å². The molecule has 0 aliphatic carbocycles. The van der Waals surface area contributed by atoms with Crippen molar-refractivity contribution >= 4 is 11.6 Å². The molecule has 1 atom stereocenters. The van der Waals surface area contributed by atoms with Gasteiger partial charge >= 0.3 is 0 Å². The first-order valence-electron chi connectivity index (χ1n) is 6.14. The van der Waals surface area contributed by atoms with Gasteiger partial charge in [-0.1, -0.05) is 30.3 Å². The summed E-state index contributed by atoms with van der Waals surface area (Å²) < 4.78 is 18.9. The van der Waals surface area contributed by atoms with Crippen molar-refractivity contribution in [2.24, 2.45) is 0 Å². The van der Waals surface area contributed by atoms with E-state index in [1.807, 2.05) is 31.2 Å². The number of alkyl halides is 1. The van der Waals surface area contributed by atoms with Crippen LogP contribution in [0.25, 0.3) is 0 Å². The molecule has 0 bridgehead atoms. The molecule has 0 aliphatic heterocycles. The Balaban J connectivity index is 2.20. The maximum atomic E-state index is 13.6. The highest BCUT2D eigenvalue weighted by atomic mass is 35.5. The zero-order chi connectivity index (χ0) is 13.8. The molecule has 0 N–H and O–H groups in total. The smallest absolute Gasteiger partial charge is 0.126 e. The summed E-state index contributed by atoms with van der Waals surface area (Å²) in [5.74, 6) is 0.587. The Labute approximate surface area is 118 Å². The predicted octanol–water partition coefficient (Wildman–Crippen LogP) is 4.67. The Kier molecular flexibility index (Phi) is 4.43. The molecule has 1 nitrogen and oxygen atoms in total. The number of aryl methyl sites for hydroxylation is 1. The summed E-state index contributed by atoms with van der Waals surface area (Å²) in [6, 6.07) is 12.5. The van der Waals surface area contributed by atoms with Crippen LogP contribution in [-0.4, -0.2) is 7.11 Å². The Morgan fingerprint density at radius 3 is 2.63 bits per heavy atom. The molecule has 1 unspecified atom stereocenters. The van der Waals surface area contributed by atoms with Crippen LogP contribution in [0.15, 0.2) is 42.5 Å². The summed E-state index contributed by atoms with van der Waals surface area (Å²) >= 11 is 6.37. The lowest BCUT2D eigenvalue weighted by atomic mass is 10.0. The second-order valence-corrected chi connectivity index (χ2v) is 5.02. The molecular weight excluding hydrogens is 263 g/mol. The van der Waals surface area contributed by atoms with Gasteiger partial charge in [0.2, 0.25) is 0 Å². The lowest BCUT2D eigenvalue weighted by Crippen LogP contribution is -1.99. The normalized spacial score (nSPS) is 12.2. The number of rotatable bonds is 4. The third-order valence-electron chi connectivity index (χ3n) is 3.15. The van der Waals surface area contributed by atoms with Gasteiger partial charge in [-0.3, -0.25) is 0 Å². The third-order valence-corrected chi connectivity index (χ3v) is 3.56. The molecule has 100 valence electrons. The number of benzene rings is 2. The van der Waals surface area contributed by atoms with E-state index >= 15 is 0 Å². The molecule has 0 aromatic heterocycles. The summed E-state index contributed by atoms with van der Waals surface area (Å²) in [5, 5.41) is -0.272. The Morgan fingerprint density at radius 1 is 1.21 bits per heavy atom. The molecule has 0 aliphatic rings. The SMILES string of the molecule is COc1cc(C(Cl)Cc2ccccc2F)ccc1C. The molecule has 0 saturated carbocycles. The van der Waals surface area contributed by atoms with Crippen molar-refractivity contribution in [3.05, 3.63) is 65.0 Å². The Bertz CT molecular complexity index is 568. The van der Waals surface area contributed by atoms with E-state index in [0.29, 0.717) is 12.0 Å². The van der Waals surface area contributed by atoms with Crippen LogP contribution in [0.1, 0.15) is 22.1 Å². The molecule has 2 aromatic rings. The second kappa shape index (κ2) is 6.07. The minimum Gasteiger partial charge on any atom is -0.496 e. The number of methoxy groups -OCH3 is 1. The van der Waals surface area contributed by atoms with E-state index in [1.165, 1.54) is 6.07 Å². The molecule has 0 radical (unpaired) electrons. The van der Waals surface area contributed by atoms with Crippen molar-refractivity contribution in [3.63, 3.8) is 0 Å². The van der Waals surface area contributed by atoms with Crippen LogP contribution >= 0.6 is 11.6 Å². The van der Waals surface area contributed by atoms with Crippen molar-refractivity contribution in [3.8, 4) is 5.75 Å². The lowest BCUT2D eigenvalue weighted by molar-refractivity contribution is 0.411. The monoisotopic (exact) mass is 278 g/mol. The van der Waals surface area contributed by atoms with Gasteiger partial charge in [0.25, 0.3) is 0 Å². The van der Waals surface area contributed by atoms with E-state index < -0.39 is 0 Å². The summed E-state index contributed by atoms with van der Waals surface area (Å²) in [4.78, 5) is 0. The van der Waals surface area contributed by atoms with E-state index in [2.05, 4.69) is 0 Å². The minimum absolute atomic E-state index is 0.216. The maximum Gasteiger partial charge on any atom is 0.126 e. The van der Waals surface area contributed by atoms with Crippen molar-refractivity contribution in [2.75, 3.05) is 7.11 Å². The molecule has 0 spiro atoms. The third kappa shape index (κ3) is 3.27. The zero-order valence-corrected chi connectivity index (χ0v) is 11.7. The van der Waals surface area contributed by atoms with E-state index in [9.17, 15) is 4.39 Å². The molecular formula is C16H16ClFO. The quantitative estimate of drug-likeness (QED) is 0.739. The molecule has 19 heavy (non-hydrogen) atoms. The summed E-state index contributed by atoms with van der Waals surface area (Å²) in [6.07, 6.45) is 0.459. The average molecular weight is 279 g/mol. The van der Waals surface area contributed by atoms with Crippen LogP contribution < -0.4 is 4.74 Å². The van der Waals surface area contributed by atoms with Gasteiger partial charge in [-0.15, -0.1) is 11.6 Å². The molecule has 0 saturated heterocycles. The fourth-order valence-electron chi connectivity index (χ4n) is 2.01. The first kappa shape index (κ1) is 13.9. The van der Waals surface area contributed by atoms with Crippen LogP contribution in [-0.2, 0) is 6.42 Å². The van der Waals surface area contributed by atoms with Crippen LogP contribution in [0, 0.1) is 12.7 Å². The predicted molar refractivity (Wildman–Crippen MR) is 76.4 cm³/mol. The highest BCUT2D eigenvalue weighted by Crippen LogP contribution is 2.30. The molecule has 0 fully saturated rings. The average Bonchev–Trinajstić information content (AvgIpc) is 2.42. The summed E-state index contributed by atoms with van der Waals surface area (Å²) in [6.45, 7) is 1.97. The molecule has 0 heterocycles. The largest absolute Gasteiger partial charge is 0.496 e. The van der Waals surface area contributed by atoms with E-state index in [0.717, 1.165) is 16.9 Å². The number of halogens is 2. The zero-order valence-electron chi connectivity index (χ0n) is 11.0. The second-order valence-electron chi connectivity index (χ2n) is 4.49. The number of hydrogen-bond acceptors (Lipinski definition) is 1. The fourth-order valence-corrected chi connectivity index (χ4v) is 2.31. The van der Waals surface area contributed by atoms with Gasteiger partial charge in [0.05, 0.1) is 12.5 Å². The lowest BCUT2D eigenvalue weighted by Gasteiger charge is -2.13. The highest BCUT2D eigenvalue weighted by molar-refractivity contribution is 6.20. The van der Waals surface area contributed by atoms with Gasteiger partial charge in [0, 0.05) is 0 Å². The maximum absolute atomic E-state index is 13.6. The van der Waals surface area contributed by atoms with E-state index in [4.69, 9.17) is 16.3 Å². The van der Waals surface area contributed by atoms with Crippen LogP contribution in [0.3, 0.4) is 0 Å². The van der Waals surface area contributed by atoms with Gasteiger partial charge in [0.1, 0.15) is 11.6 Å². The van der Waals surface area contributed by atoms with Gasteiger partial charge in [-0.2, -0.15) is 0 Å². The van der Waals surface area contributed by atoms with Gasteiger partial charge < -0.3 is 4.74 Å². The Morgan fingerprint density at radius 2 is 1.95 bits per heavy atom. The minimum atomic E-state index is -0.272. The summed E-state index contributed by atoms with van der Waals surface area (Å²) in [7, 11) is 1.63. The van der Waals surface area contributed by atoms with Crippen LogP contribution in [0.5, 0.6) is 5.75 Å².